The van der Waals surface area contributed by atoms with E-state index < -0.39 is 11.8 Å². The first-order valence-corrected chi connectivity index (χ1v) is 9.19. The minimum Gasteiger partial charge on any atom is -0.493 e. The van der Waals surface area contributed by atoms with Crippen molar-refractivity contribution in [3.8, 4) is 17.2 Å². The average Bonchev–Trinajstić information content (AvgIpc) is 3.27. The number of aryl methyl sites for hydroxylation is 1. The third-order valence-electron chi connectivity index (χ3n) is 4.37. The summed E-state index contributed by atoms with van der Waals surface area (Å²) in [6, 6.07) is 14.0. The molecule has 0 unspecified atom stereocenters. The molecule has 1 aromatic heterocycles. The van der Waals surface area contributed by atoms with Gasteiger partial charge in [-0.3, -0.25) is 20.4 Å². The van der Waals surface area contributed by atoms with Gasteiger partial charge in [0.1, 0.15) is 0 Å². The molecule has 0 spiro atoms. The second kappa shape index (κ2) is 8.97. The number of hydrogen-bond donors (Lipinski definition) is 2. The molecule has 2 amide bonds. The maximum absolute atomic E-state index is 12.5. The van der Waals surface area contributed by atoms with E-state index in [4.69, 9.17) is 9.47 Å². The normalized spacial score (nSPS) is 10.3. The van der Waals surface area contributed by atoms with Crippen molar-refractivity contribution in [3.63, 3.8) is 0 Å². The molecule has 150 valence electrons. The van der Waals surface area contributed by atoms with Crippen LogP contribution in [0.4, 0.5) is 0 Å². The highest BCUT2D eigenvalue weighted by molar-refractivity contribution is 5.99. The topological polar surface area (TPSA) is 81.6 Å². The maximum atomic E-state index is 12.5. The first-order valence-electron chi connectivity index (χ1n) is 9.19. The Hall–Kier alpha value is -3.74. The minimum absolute atomic E-state index is 0.336. The predicted molar refractivity (Wildman–Crippen MR) is 110 cm³/mol. The van der Waals surface area contributed by atoms with Gasteiger partial charge in [-0.1, -0.05) is 6.07 Å². The smallest absolute Gasteiger partial charge is 0.269 e. The monoisotopic (exact) mass is 393 g/mol. The largest absolute Gasteiger partial charge is 0.493 e. The van der Waals surface area contributed by atoms with Gasteiger partial charge in [0.05, 0.1) is 13.7 Å². The van der Waals surface area contributed by atoms with Crippen LogP contribution in [0.1, 0.15) is 33.2 Å². The van der Waals surface area contributed by atoms with E-state index in [1.807, 2.05) is 49.0 Å². The SMILES string of the molecule is CCOc1ccc(C(=O)NNC(=O)c2ccc(C)c(-n3cccc3)c2)cc1OC. The van der Waals surface area contributed by atoms with Crippen molar-refractivity contribution in [2.45, 2.75) is 13.8 Å². The number of carbonyl (C=O) groups is 2. The van der Waals surface area contributed by atoms with Crippen LogP contribution < -0.4 is 20.3 Å². The summed E-state index contributed by atoms with van der Waals surface area (Å²) in [4.78, 5) is 24.9. The Morgan fingerprint density at radius 3 is 2.17 bits per heavy atom. The summed E-state index contributed by atoms with van der Waals surface area (Å²) in [6.07, 6.45) is 3.82. The van der Waals surface area contributed by atoms with E-state index >= 15 is 0 Å². The van der Waals surface area contributed by atoms with Crippen LogP contribution in [0.25, 0.3) is 5.69 Å². The molecule has 3 rings (SSSR count). The zero-order valence-corrected chi connectivity index (χ0v) is 16.6. The highest BCUT2D eigenvalue weighted by Crippen LogP contribution is 2.28. The molecule has 0 atom stereocenters. The fourth-order valence-corrected chi connectivity index (χ4v) is 2.87. The lowest BCUT2D eigenvalue weighted by Crippen LogP contribution is -2.41. The number of ether oxygens (including phenoxy) is 2. The van der Waals surface area contributed by atoms with Crippen LogP contribution in [-0.4, -0.2) is 30.1 Å². The van der Waals surface area contributed by atoms with Crippen molar-refractivity contribution in [1.29, 1.82) is 0 Å². The first-order chi connectivity index (χ1) is 14.0. The van der Waals surface area contributed by atoms with Crippen molar-refractivity contribution in [1.82, 2.24) is 15.4 Å². The third kappa shape index (κ3) is 4.57. The van der Waals surface area contributed by atoms with Crippen LogP contribution in [-0.2, 0) is 0 Å². The number of benzene rings is 2. The average molecular weight is 393 g/mol. The van der Waals surface area contributed by atoms with E-state index in [2.05, 4.69) is 10.9 Å². The zero-order chi connectivity index (χ0) is 20.8. The molecule has 2 aromatic carbocycles. The number of carbonyl (C=O) groups excluding carboxylic acids is 2. The lowest BCUT2D eigenvalue weighted by molar-refractivity contribution is 0.0846. The van der Waals surface area contributed by atoms with Crippen LogP contribution >= 0.6 is 0 Å². The van der Waals surface area contributed by atoms with Crippen LogP contribution in [0.15, 0.2) is 60.9 Å². The number of amides is 2. The van der Waals surface area contributed by atoms with E-state index in [0.717, 1.165) is 11.3 Å². The number of nitrogens with one attached hydrogen (secondary N) is 2. The molecule has 0 fully saturated rings. The van der Waals surface area contributed by atoms with Crippen LogP contribution in [0.5, 0.6) is 11.5 Å². The van der Waals surface area contributed by atoms with Crippen molar-refractivity contribution in [2.75, 3.05) is 13.7 Å². The van der Waals surface area contributed by atoms with E-state index in [9.17, 15) is 9.59 Å². The van der Waals surface area contributed by atoms with E-state index in [1.165, 1.54) is 7.11 Å². The molecule has 0 saturated heterocycles. The van der Waals surface area contributed by atoms with Gasteiger partial charge in [-0.2, -0.15) is 0 Å². The standard InChI is InChI=1S/C22H23N3O4/c1-4-29-19-10-9-17(14-20(19)28-3)22(27)24-23-21(26)16-8-7-15(2)18(13-16)25-11-5-6-12-25/h5-14H,4H2,1-3H3,(H,23,26)(H,24,27). The maximum Gasteiger partial charge on any atom is 0.269 e. The number of nitrogens with zero attached hydrogens (tertiary/aromatic N) is 1. The van der Waals surface area contributed by atoms with E-state index in [-0.39, 0.29) is 0 Å². The Morgan fingerprint density at radius 1 is 0.931 bits per heavy atom. The summed E-state index contributed by atoms with van der Waals surface area (Å²) in [5, 5.41) is 0. The van der Waals surface area contributed by atoms with Gasteiger partial charge in [0, 0.05) is 29.2 Å². The summed E-state index contributed by atoms with van der Waals surface area (Å²) in [5.41, 5.74) is 7.57. The summed E-state index contributed by atoms with van der Waals surface area (Å²) in [7, 11) is 1.50. The molecular formula is C22H23N3O4. The summed E-state index contributed by atoms with van der Waals surface area (Å²) < 4.78 is 12.6. The van der Waals surface area contributed by atoms with Gasteiger partial charge in [0.15, 0.2) is 11.5 Å². The lowest BCUT2D eigenvalue weighted by Gasteiger charge is -2.13. The molecule has 0 radical (unpaired) electrons. The minimum atomic E-state index is -0.461. The quantitative estimate of drug-likeness (QED) is 0.630. The van der Waals surface area contributed by atoms with Gasteiger partial charge in [-0.25, -0.2) is 0 Å². The molecular weight excluding hydrogens is 370 g/mol. The Morgan fingerprint density at radius 2 is 1.55 bits per heavy atom. The van der Waals surface area contributed by atoms with Gasteiger partial charge in [0.2, 0.25) is 0 Å². The fraction of sp³-hybridized carbons (Fsp3) is 0.182. The van der Waals surface area contributed by atoms with Crippen molar-refractivity contribution in [2.24, 2.45) is 0 Å². The zero-order valence-electron chi connectivity index (χ0n) is 16.6. The number of hydrogen-bond acceptors (Lipinski definition) is 4. The Labute approximate surface area is 169 Å². The van der Waals surface area contributed by atoms with E-state index in [1.54, 1.807) is 30.3 Å². The predicted octanol–water partition coefficient (Wildman–Crippen LogP) is 3.27. The molecule has 0 aliphatic rings. The first kappa shape index (κ1) is 20.0. The molecule has 29 heavy (non-hydrogen) atoms. The van der Waals surface area contributed by atoms with E-state index in [0.29, 0.717) is 29.2 Å². The molecule has 7 nitrogen and oxygen atoms in total. The van der Waals surface area contributed by atoms with Gasteiger partial charge < -0.3 is 14.0 Å². The van der Waals surface area contributed by atoms with Crippen LogP contribution in [0.3, 0.4) is 0 Å². The molecule has 0 aliphatic heterocycles. The molecule has 0 bridgehead atoms. The molecule has 7 heteroatoms. The van der Waals surface area contributed by atoms with Crippen LogP contribution in [0.2, 0.25) is 0 Å². The van der Waals surface area contributed by atoms with Gasteiger partial charge in [-0.05, 0) is 61.9 Å². The summed E-state index contributed by atoms with van der Waals surface area (Å²) in [6.45, 7) is 4.32. The second-order valence-corrected chi connectivity index (χ2v) is 6.30. The number of aromatic nitrogens is 1. The lowest BCUT2D eigenvalue weighted by atomic mass is 10.1. The number of hydrazine groups is 1. The highest BCUT2D eigenvalue weighted by Gasteiger charge is 2.13. The molecule has 1 heterocycles. The molecule has 2 N–H and O–H groups in total. The third-order valence-corrected chi connectivity index (χ3v) is 4.37. The Bertz CT molecular complexity index is 1010. The summed E-state index contributed by atoms with van der Waals surface area (Å²) in [5.74, 6) is 0.121. The number of methoxy groups -OCH3 is 1. The Balaban J connectivity index is 1.69. The second-order valence-electron chi connectivity index (χ2n) is 6.30. The van der Waals surface area contributed by atoms with Gasteiger partial charge in [0.25, 0.3) is 11.8 Å². The molecule has 3 aromatic rings. The number of rotatable bonds is 6. The fourth-order valence-electron chi connectivity index (χ4n) is 2.87. The van der Waals surface area contributed by atoms with Crippen LogP contribution in [0, 0.1) is 6.92 Å². The van der Waals surface area contributed by atoms with Crippen molar-refractivity contribution in [3.05, 3.63) is 77.6 Å². The van der Waals surface area contributed by atoms with Gasteiger partial charge in [-0.15, -0.1) is 0 Å². The molecule has 0 aliphatic carbocycles. The highest BCUT2D eigenvalue weighted by atomic mass is 16.5. The Kier molecular flexibility index (Phi) is 6.19. The van der Waals surface area contributed by atoms with Crippen molar-refractivity contribution < 1.29 is 19.1 Å². The molecule has 0 saturated carbocycles. The van der Waals surface area contributed by atoms with Gasteiger partial charge >= 0.3 is 0 Å². The summed E-state index contributed by atoms with van der Waals surface area (Å²) >= 11 is 0. The van der Waals surface area contributed by atoms with Crippen molar-refractivity contribution >= 4 is 11.8 Å².